The second-order valence-corrected chi connectivity index (χ2v) is 6.24. The van der Waals surface area contributed by atoms with Crippen molar-refractivity contribution in [2.75, 3.05) is 28.4 Å². The molecule has 2 aromatic carbocycles. The van der Waals surface area contributed by atoms with E-state index in [4.69, 9.17) is 18.9 Å². The van der Waals surface area contributed by atoms with Crippen LogP contribution in [0.15, 0.2) is 42.5 Å². The molecule has 2 rings (SSSR count). The van der Waals surface area contributed by atoms with Crippen LogP contribution in [0, 0.1) is 0 Å². The summed E-state index contributed by atoms with van der Waals surface area (Å²) < 4.78 is 21.2. The van der Waals surface area contributed by atoms with Crippen molar-refractivity contribution in [2.45, 2.75) is 19.9 Å². The number of allylic oxidation sites excluding steroid dienone is 1. The van der Waals surface area contributed by atoms with Crippen LogP contribution in [0.3, 0.4) is 0 Å². The average molecular weight is 385 g/mol. The van der Waals surface area contributed by atoms with Gasteiger partial charge in [-0.3, -0.25) is 4.79 Å². The number of hydrogen-bond donors (Lipinski definition) is 1. The van der Waals surface area contributed by atoms with Crippen molar-refractivity contribution in [2.24, 2.45) is 0 Å². The predicted molar refractivity (Wildman–Crippen MR) is 109 cm³/mol. The number of nitrogens with one attached hydrogen (secondary N) is 1. The van der Waals surface area contributed by atoms with E-state index in [1.54, 1.807) is 40.6 Å². The van der Waals surface area contributed by atoms with Crippen LogP contribution in [0.5, 0.6) is 23.0 Å². The molecule has 28 heavy (non-hydrogen) atoms. The van der Waals surface area contributed by atoms with Crippen molar-refractivity contribution in [3.8, 4) is 23.0 Å². The van der Waals surface area contributed by atoms with Gasteiger partial charge in [0, 0.05) is 17.7 Å². The van der Waals surface area contributed by atoms with E-state index in [-0.39, 0.29) is 11.9 Å². The van der Waals surface area contributed by atoms with E-state index in [0.29, 0.717) is 23.0 Å². The first kappa shape index (κ1) is 21.2. The number of carbonyl (C=O) groups is 1. The largest absolute Gasteiger partial charge is 0.497 e. The molecule has 0 aromatic heterocycles. The Labute approximate surface area is 166 Å². The first-order chi connectivity index (χ1) is 13.4. The van der Waals surface area contributed by atoms with E-state index in [0.717, 1.165) is 16.7 Å². The Morgan fingerprint density at radius 2 is 1.57 bits per heavy atom. The minimum Gasteiger partial charge on any atom is -0.497 e. The SMILES string of the molecule is COc1ccc(/C(C)=C/C(=O)NC(C)c2ccc(OC)c(OC)c2)c(OC)c1. The molecule has 0 aliphatic carbocycles. The van der Waals surface area contributed by atoms with Crippen molar-refractivity contribution >= 4 is 11.5 Å². The van der Waals surface area contributed by atoms with Gasteiger partial charge in [0.15, 0.2) is 11.5 Å². The fourth-order valence-corrected chi connectivity index (χ4v) is 2.86. The molecule has 150 valence electrons. The molecule has 1 unspecified atom stereocenters. The highest BCUT2D eigenvalue weighted by Gasteiger charge is 2.13. The number of carbonyl (C=O) groups excluding carboxylic acids is 1. The van der Waals surface area contributed by atoms with Gasteiger partial charge in [0.05, 0.1) is 34.5 Å². The zero-order chi connectivity index (χ0) is 20.7. The predicted octanol–water partition coefficient (Wildman–Crippen LogP) is 4.00. The van der Waals surface area contributed by atoms with Gasteiger partial charge < -0.3 is 24.3 Å². The highest BCUT2D eigenvalue weighted by molar-refractivity contribution is 5.95. The Hall–Kier alpha value is -3.15. The summed E-state index contributed by atoms with van der Waals surface area (Å²) in [4.78, 5) is 12.5. The van der Waals surface area contributed by atoms with E-state index < -0.39 is 0 Å². The Morgan fingerprint density at radius 1 is 0.893 bits per heavy atom. The summed E-state index contributed by atoms with van der Waals surface area (Å²) in [5.74, 6) is 2.41. The van der Waals surface area contributed by atoms with Gasteiger partial charge in [-0.05, 0) is 49.2 Å². The first-order valence-electron chi connectivity index (χ1n) is 8.86. The lowest BCUT2D eigenvalue weighted by Gasteiger charge is -2.16. The standard InChI is InChI=1S/C22H27NO5/c1-14(18-9-8-17(25-3)13-20(18)27-5)11-22(24)23-15(2)16-7-10-19(26-4)21(12-16)28-6/h7-13,15H,1-6H3,(H,23,24)/b14-11+. The molecule has 1 N–H and O–H groups in total. The second kappa shape index (κ2) is 9.69. The van der Waals surface area contributed by atoms with Crippen LogP contribution in [-0.2, 0) is 4.79 Å². The smallest absolute Gasteiger partial charge is 0.244 e. The van der Waals surface area contributed by atoms with Crippen LogP contribution in [-0.4, -0.2) is 34.3 Å². The lowest BCUT2D eigenvalue weighted by molar-refractivity contribution is -0.117. The Bertz CT molecular complexity index is 860. The van der Waals surface area contributed by atoms with Gasteiger partial charge in [0.25, 0.3) is 0 Å². The molecule has 6 nitrogen and oxygen atoms in total. The molecular weight excluding hydrogens is 358 g/mol. The summed E-state index contributed by atoms with van der Waals surface area (Å²) in [6.07, 6.45) is 1.56. The molecule has 6 heteroatoms. The van der Waals surface area contributed by atoms with E-state index in [1.807, 2.05) is 44.2 Å². The Kier molecular flexibility index (Phi) is 7.32. The lowest BCUT2D eigenvalue weighted by atomic mass is 10.0. The van der Waals surface area contributed by atoms with Gasteiger partial charge in [-0.15, -0.1) is 0 Å². The van der Waals surface area contributed by atoms with Crippen LogP contribution in [0.2, 0.25) is 0 Å². The molecule has 0 spiro atoms. The zero-order valence-electron chi connectivity index (χ0n) is 17.2. The summed E-state index contributed by atoms with van der Waals surface area (Å²) >= 11 is 0. The molecule has 2 aromatic rings. The van der Waals surface area contributed by atoms with Crippen LogP contribution in [0.4, 0.5) is 0 Å². The van der Waals surface area contributed by atoms with Gasteiger partial charge in [0.1, 0.15) is 11.5 Å². The van der Waals surface area contributed by atoms with Gasteiger partial charge >= 0.3 is 0 Å². The van der Waals surface area contributed by atoms with Gasteiger partial charge in [-0.2, -0.15) is 0 Å². The molecule has 1 atom stereocenters. The van der Waals surface area contributed by atoms with Crippen molar-refractivity contribution in [3.63, 3.8) is 0 Å². The third kappa shape index (κ3) is 4.97. The molecule has 0 bridgehead atoms. The van der Waals surface area contributed by atoms with Crippen LogP contribution >= 0.6 is 0 Å². The molecule has 0 aliphatic rings. The van der Waals surface area contributed by atoms with Crippen LogP contribution in [0.25, 0.3) is 5.57 Å². The Morgan fingerprint density at radius 3 is 2.18 bits per heavy atom. The summed E-state index contributed by atoms with van der Waals surface area (Å²) in [7, 11) is 6.36. The minimum absolute atomic E-state index is 0.197. The van der Waals surface area contributed by atoms with Crippen LogP contribution in [0.1, 0.15) is 31.0 Å². The topological polar surface area (TPSA) is 66.0 Å². The molecule has 0 aliphatic heterocycles. The van der Waals surface area contributed by atoms with Gasteiger partial charge in [0.2, 0.25) is 5.91 Å². The normalized spacial score (nSPS) is 12.1. The average Bonchev–Trinajstić information content (AvgIpc) is 2.72. The highest BCUT2D eigenvalue weighted by atomic mass is 16.5. The van der Waals surface area contributed by atoms with Crippen LogP contribution < -0.4 is 24.3 Å². The maximum atomic E-state index is 12.5. The molecule has 0 saturated heterocycles. The number of amides is 1. The number of benzene rings is 2. The lowest BCUT2D eigenvalue weighted by Crippen LogP contribution is -2.25. The summed E-state index contributed by atoms with van der Waals surface area (Å²) in [5.41, 5.74) is 2.54. The maximum absolute atomic E-state index is 12.5. The zero-order valence-corrected chi connectivity index (χ0v) is 17.2. The molecule has 0 fully saturated rings. The fourth-order valence-electron chi connectivity index (χ4n) is 2.86. The maximum Gasteiger partial charge on any atom is 0.244 e. The quantitative estimate of drug-likeness (QED) is 0.696. The molecule has 0 saturated carbocycles. The number of ether oxygens (including phenoxy) is 4. The van der Waals surface area contributed by atoms with E-state index in [9.17, 15) is 4.79 Å². The molecule has 0 heterocycles. The van der Waals surface area contributed by atoms with E-state index in [2.05, 4.69) is 5.32 Å². The number of methoxy groups -OCH3 is 4. The van der Waals surface area contributed by atoms with Crippen molar-refractivity contribution in [3.05, 3.63) is 53.6 Å². The second-order valence-electron chi connectivity index (χ2n) is 6.24. The minimum atomic E-state index is -0.200. The van der Waals surface area contributed by atoms with E-state index in [1.165, 1.54) is 0 Å². The van der Waals surface area contributed by atoms with Gasteiger partial charge in [-0.25, -0.2) is 0 Å². The van der Waals surface area contributed by atoms with Gasteiger partial charge in [-0.1, -0.05) is 6.07 Å². The molecule has 0 radical (unpaired) electrons. The highest BCUT2D eigenvalue weighted by Crippen LogP contribution is 2.31. The summed E-state index contributed by atoms with van der Waals surface area (Å²) in [5, 5.41) is 2.97. The first-order valence-corrected chi connectivity index (χ1v) is 8.86. The van der Waals surface area contributed by atoms with Crippen molar-refractivity contribution in [1.29, 1.82) is 0 Å². The Balaban J connectivity index is 2.16. The summed E-state index contributed by atoms with van der Waals surface area (Å²) in [6.45, 7) is 3.78. The van der Waals surface area contributed by atoms with Crippen molar-refractivity contribution in [1.82, 2.24) is 5.32 Å². The van der Waals surface area contributed by atoms with E-state index >= 15 is 0 Å². The third-order valence-corrected chi connectivity index (χ3v) is 4.45. The molecule has 1 amide bonds. The molecular formula is C22H27NO5. The number of hydrogen-bond acceptors (Lipinski definition) is 5. The summed E-state index contributed by atoms with van der Waals surface area (Å²) in [6, 6.07) is 10.9. The fraction of sp³-hybridized carbons (Fsp3) is 0.318. The third-order valence-electron chi connectivity index (χ3n) is 4.45. The number of rotatable bonds is 8. The monoisotopic (exact) mass is 385 g/mol. The van der Waals surface area contributed by atoms with Crippen molar-refractivity contribution < 1.29 is 23.7 Å².